The van der Waals surface area contributed by atoms with Crippen LogP contribution >= 0.6 is 0 Å². The fraction of sp³-hybridized carbons (Fsp3) is 0.857. The van der Waals surface area contributed by atoms with Crippen molar-refractivity contribution in [1.29, 1.82) is 0 Å². The molecule has 5 heteroatoms. The molecule has 0 aromatic rings. The zero-order valence-corrected chi connectivity index (χ0v) is 7.47. The van der Waals surface area contributed by atoms with Crippen LogP contribution in [0.15, 0.2) is 0 Å². The minimum Gasteiger partial charge on any atom is -0.748 e. The lowest BCUT2D eigenvalue weighted by Crippen LogP contribution is -2.21. The van der Waals surface area contributed by atoms with Crippen molar-refractivity contribution < 1.29 is 17.8 Å². The van der Waals surface area contributed by atoms with Crippen molar-refractivity contribution in [1.82, 2.24) is 0 Å². The standard InChI is InChI=1S/C7H12O4S/c8-7-3-1-6(2-4-7)5-12(9,10)11/h6H,1-5H2,(H,9,10,11)/p-1. The molecule has 1 aliphatic carbocycles. The Bertz CT molecular complexity index is 257. The molecule has 1 aliphatic rings. The van der Waals surface area contributed by atoms with Gasteiger partial charge in [-0.2, -0.15) is 0 Å². The van der Waals surface area contributed by atoms with Crippen LogP contribution in [-0.4, -0.2) is 24.5 Å². The molecule has 0 saturated heterocycles. The quantitative estimate of drug-likeness (QED) is 0.588. The second-order valence-corrected chi connectivity index (χ2v) is 4.66. The van der Waals surface area contributed by atoms with E-state index in [-0.39, 0.29) is 17.5 Å². The summed E-state index contributed by atoms with van der Waals surface area (Å²) in [5, 5.41) is 0. The number of carbonyl (C=O) groups excluding carboxylic acids is 1. The lowest BCUT2D eigenvalue weighted by atomic mass is 9.90. The summed E-state index contributed by atoms with van der Waals surface area (Å²) < 4.78 is 31.0. The molecule has 0 heterocycles. The van der Waals surface area contributed by atoms with Gasteiger partial charge in [0.15, 0.2) is 0 Å². The van der Waals surface area contributed by atoms with Crippen molar-refractivity contribution >= 4 is 15.9 Å². The third kappa shape index (κ3) is 3.32. The zero-order chi connectivity index (χ0) is 9.19. The van der Waals surface area contributed by atoms with Gasteiger partial charge < -0.3 is 4.55 Å². The first kappa shape index (κ1) is 9.67. The van der Waals surface area contributed by atoms with Crippen molar-refractivity contribution in [3.05, 3.63) is 0 Å². The molecule has 0 radical (unpaired) electrons. The highest BCUT2D eigenvalue weighted by atomic mass is 32.2. The molecule has 0 spiro atoms. The summed E-state index contributed by atoms with van der Waals surface area (Å²) in [7, 11) is -4.10. The van der Waals surface area contributed by atoms with Crippen molar-refractivity contribution in [3.8, 4) is 0 Å². The molecular weight excluding hydrogens is 180 g/mol. The zero-order valence-electron chi connectivity index (χ0n) is 6.65. The number of hydrogen-bond acceptors (Lipinski definition) is 4. The number of carbonyl (C=O) groups is 1. The van der Waals surface area contributed by atoms with E-state index in [1.165, 1.54) is 0 Å². The van der Waals surface area contributed by atoms with Gasteiger partial charge in [0.2, 0.25) is 0 Å². The summed E-state index contributed by atoms with van der Waals surface area (Å²) in [5.74, 6) is -0.222. The maximum Gasteiger partial charge on any atom is 0.132 e. The molecule has 0 atom stereocenters. The molecule has 0 bridgehead atoms. The van der Waals surface area contributed by atoms with Crippen LogP contribution in [0, 0.1) is 5.92 Å². The Kier molecular flexibility index (Phi) is 2.85. The van der Waals surface area contributed by atoms with E-state index in [0.717, 1.165) is 0 Å². The molecule has 0 amide bonds. The summed E-state index contributed by atoms with van der Waals surface area (Å²) in [6.07, 6.45) is 1.97. The third-order valence-electron chi connectivity index (χ3n) is 2.10. The van der Waals surface area contributed by atoms with E-state index in [2.05, 4.69) is 0 Å². The van der Waals surface area contributed by atoms with Crippen LogP contribution in [0.5, 0.6) is 0 Å². The monoisotopic (exact) mass is 191 g/mol. The molecule has 12 heavy (non-hydrogen) atoms. The first-order valence-corrected chi connectivity index (χ1v) is 5.50. The predicted molar refractivity (Wildman–Crippen MR) is 41.5 cm³/mol. The molecule has 4 nitrogen and oxygen atoms in total. The van der Waals surface area contributed by atoms with E-state index in [1.807, 2.05) is 0 Å². The summed E-state index contributed by atoms with van der Waals surface area (Å²) in [4.78, 5) is 10.7. The van der Waals surface area contributed by atoms with Crippen LogP contribution in [0.25, 0.3) is 0 Å². The van der Waals surface area contributed by atoms with Crippen LogP contribution in [0.2, 0.25) is 0 Å². The Morgan fingerprint density at radius 1 is 1.33 bits per heavy atom. The summed E-state index contributed by atoms with van der Waals surface area (Å²) >= 11 is 0. The Labute approximate surface area is 71.7 Å². The van der Waals surface area contributed by atoms with Crippen LogP contribution in [0.3, 0.4) is 0 Å². The first-order chi connectivity index (χ1) is 5.47. The Morgan fingerprint density at radius 3 is 2.25 bits per heavy atom. The van der Waals surface area contributed by atoms with Gasteiger partial charge in [0.05, 0.1) is 10.1 Å². The lowest BCUT2D eigenvalue weighted by Gasteiger charge is -2.21. The molecular formula is C7H11O4S-. The van der Waals surface area contributed by atoms with Gasteiger partial charge in [0, 0.05) is 18.6 Å². The number of Topliss-reactive ketones (excluding diaryl/α,β-unsaturated/α-hetero) is 1. The molecule has 0 aromatic carbocycles. The van der Waals surface area contributed by atoms with Crippen LogP contribution in [-0.2, 0) is 14.9 Å². The van der Waals surface area contributed by atoms with Crippen molar-refractivity contribution in [2.45, 2.75) is 25.7 Å². The van der Waals surface area contributed by atoms with E-state index in [4.69, 9.17) is 0 Å². The van der Waals surface area contributed by atoms with Gasteiger partial charge in [0.1, 0.15) is 5.78 Å². The molecule has 0 unspecified atom stereocenters. The minimum atomic E-state index is -4.10. The van der Waals surface area contributed by atoms with Gasteiger partial charge in [-0.3, -0.25) is 4.79 Å². The molecule has 0 N–H and O–H groups in total. The van der Waals surface area contributed by atoms with Crippen LogP contribution in [0.4, 0.5) is 0 Å². The highest BCUT2D eigenvalue weighted by Crippen LogP contribution is 2.22. The maximum atomic E-state index is 10.7. The van der Waals surface area contributed by atoms with Crippen molar-refractivity contribution in [3.63, 3.8) is 0 Å². The molecule has 70 valence electrons. The number of hydrogen-bond donors (Lipinski definition) is 0. The van der Waals surface area contributed by atoms with Crippen molar-refractivity contribution in [2.75, 3.05) is 5.75 Å². The number of ketones is 1. The SMILES string of the molecule is O=C1CCC(CS(=O)(=O)[O-])CC1. The van der Waals surface area contributed by atoms with E-state index in [1.54, 1.807) is 0 Å². The fourth-order valence-electron chi connectivity index (χ4n) is 1.45. The average Bonchev–Trinajstić information content (AvgIpc) is 1.91. The Morgan fingerprint density at radius 2 is 1.83 bits per heavy atom. The Balaban J connectivity index is 2.41. The van der Waals surface area contributed by atoms with Crippen LogP contribution in [0.1, 0.15) is 25.7 Å². The van der Waals surface area contributed by atoms with Gasteiger partial charge in [-0.25, -0.2) is 8.42 Å². The largest absolute Gasteiger partial charge is 0.748 e. The van der Waals surface area contributed by atoms with E-state index >= 15 is 0 Å². The van der Waals surface area contributed by atoms with Gasteiger partial charge in [-0.05, 0) is 18.8 Å². The Hall–Kier alpha value is -0.420. The average molecular weight is 191 g/mol. The predicted octanol–water partition coefficient (Wildman–Crippen LogP) is 0.291. The normalized spacial score (nSPS) is 21.2. The second-order valence-electron chi connectivity index (χ2n) is 3.21. The highest BCUT2D eigenvalue weighted by molar-refractivity contribution is 7.85. The van der Waals surface area contributed by atoms with E-state index < -0.39 is 10.1 Å². The summed E-state index contributed by atoms with van der Waals surface area (Å²) in [6, 6.07) is 0. The summed E-state index contributed by atoms with van der Waals surface area (Å²) in [6.45, 7) is 0. The van der Waals surface area contributed by atoms with E-state index in [9.17, 15) is 17.8 Å². The summed E-state index contributed by atoms with van der Waals surface area (Å²) in [5.41, 5.74) is 0. The maximum absolute atomic E-state index is 10.7. The number of rotatable bonds is 2. The van der Waals surface area contributed by atoms with Gasteiger partial charge >= 0.3 is 0 Å². The van der Waals surface area contributed by atoms with Crippen molar-refractivity contribution in [2.24, 2.45) is 5.92 Å². The van der Waals surface area contributed by atoms with Crippen LogP contribution < -0.4 is 0 Å². The topological polar surface area (TPSA) is 74.3 Å². The smallest absolute Gasteiger partial charge is 0.132 e. The van der Waals surface area contributed by atoms with Gasteiger partial charge in [-0.1, -0.05) is 0 Å². The second kappa shape index (κ2) is 3.53. The lowest BCUT2D eigenvalue weighted by molar-refractivity contribution is -0.120. The third-order valence-corrected chi connectivity index (χ3v) is 2.98. The van der Waals surface area contributed by atoms with E-state index in [0.29, 0.717) is 25.7 Å². The van der Waals surface area contributed by atoms with Gasteiger partial charge in [0.25, 0.3) is 0 Å². The molecule has 1 saturated carbocycles. The minimum absolute atomic E-state index is 0.0924. The molecule has 0 aromatic heterocycles. The fourth-order valence-corrected chi connectivity index (χ4v) is 2.37. The molecule has 1 rings (SSSR count). The molecule has 1 fully saturated rings. The van der Waals surface area contributed by atoms with Gasteiger partial charge in [-0.15, -0.1) is 0 Å². The highest BCUT2D eigenvalue weighted by Gasteiger charge is 2.20. The first-order valence-electron chi connectivity index (χ1n) is 3.92. The molecule has 0 aliphatic heterocycles.